The molecule has 2 heterocycles. The standard InChI is InChI=1S/C18H22N4OS/c1-23-17-4-2-16(3-5-17)20-18(24)22-12-10-21(11-13-22)14-15-6-8-19-9-7-15/h2-9H,10-14H2,1H3,(H,20,24). The van der Waals surface area contributed by atoms with Gasteiger partial charge in [0.2, 0.25) is 0 Å². The molecule has 1 aromatic carbocycles. The third-order valence-electron chi connectivity index (χ3n) is 4.16. The number of methoxy groups -OCH3 is 1. The molecule has 24 heavy (non-hydrogen) atoms. The fraction of sp³-hybridized carbons (Fsp3) is 0.333. The first-order valence-corrected chi connectivity index (χ1v) is 8.46. The number of pyridine rings is 1. The van der Waals surface area contributed by atoms with Crippen LogP contribution in [0.5, 0.6) is 5.75 Å². The van der Waals surface area contributed by atoms with Crippen LogP contribution in [0.15, 0.2) is 48.8 Å². The molecule has 1 N–H and O–H groups in total. The molecule has 1 aliphatic rings. The Morgan fingerprint density at radius 2 is 1.75 bits per heavy atom. The largest absolute Gasteiger partial charge is 0.497 e. The Bertz CT molecular complexity index is 654. The zero-order valence-corrected chi connectivity index (χ0v) is 14.6. The van der Waals surface area contributed by atoms with Gasteiger partial charge in [0.25, 0.3) is 0 Å². The van der Waals surface area contributed by atoms with E-state index >= 15 is 0 Å². The van der Waals surface area contributed by atoms with Crippen molar-refractivity contribution >= 4 is 23.0 Å². The van der Waals surface area contributed by atoms with Crippen molar-refractivity contribution in [2.75, 3.05) is 38.6 Å². The lowest BCUT2D eigenvalue weighted by atomic mass is 10.2. The molecule has 126 valence electrons. The highest BCUT2D eigenvalue weighted by molar-refractivity contribution is 7.80. The van der Waals surface area contributed by atoms with Gasteiger partial charge in [0.1, 0.15) is 5.75 Å². The van der Waals surface area contributed by atoms with Crippen LogP contribution < -0.4 is 10.1 Å². The molecule has 0 atom stereocenters. The monoisotopic (exact) mass is 342 g/mol. The number of hydrogen-bond acceptors (Lipinski definition) is 4. The number of nitrogens with one attached hydrogen (secondary N) is 1. The van der Waals surface area contributed by atoms with E-state index in [1.807, 2.05) is 36.7 Å². The molecule has 0 spiro atoms. The molecular weight excluding hydrogens is 320 g/mol. The van der Waals surface area contributed by atoms with Crippen molar-refractivity contribution < 1.29 is 4.74 Å². The third-order valence-corrected chi connectivity index (χ3v) is 4.52. The molecule has 0 amide bonds. The van der Waals surface area contributed by atoms with Crippen LogP contribution in [0.4, 0.5) is 5.69 Å². The van der Waals surface area contributed by atoms with Crippen molar-refractivity contribution in [1.82, 2.24) is 14.8 Å². The van der Waals surface area contributed by atoms with Crippen molar-refractivity contribution in [1.29, 1.82) is 0 Å². The zero-order valence-electron chi connectivity index (χ0n) is 13.8. The van der Waals surface area contributed by atoms with Crippen LogP contribution in [-0.4, -0.2) is 53.2 Å². The van der Waals surface area contributed by atoms with Crippen molar-refractivity contribution in [2.45, 2.75) is 6.54 Å². The number of anilines is 1. The molecule has 0 unspecified atom stereocenters. The minimum Gasteiger partial charge on any atom is -0.497 e. The van der Waals surface area contributed by atoms with Gasteiger partial charge in [-0.1, -0.05) is 0 Å². The number of benzene rings is 1. The average Bonchev–Trinajstić information content (AvgIpc) is 2.64. The maximum atomic E-state index is 5.54. The average molecular weight is 342 g/mol. The summed E-state index contributed by atoms with van der Waals surface area (Å²) in [5, 5.41) is 4.08. The lowest BCUT2D eigenvalue weighted by Crippen LogP contribution is -2.49. The Labute approximate surface area is 148 Å². The SMILES string of the molecule is COc1ccc(NC(=S)N2CCN(Cc3ccncc3)CC2)cc1. The summed E-state index contributed by atoms with van der Waals surface area (Å²) in [6.45, 7) is 4.86. The van der Waals surface area contributed by atoms with E-state index in [4.69, 9.17) is 17.0 Å². The molecule has 1 saturated heterocycles. The molecular formula is C18H22N4OS. The Balaban J connectivity index is 1.47. The number of thiocarbonyl (C=S) groups is 1. The second-order valence-electron chi connectivity index (χ2n) is 5.78. The van der Waals surface area contributed by atoms with Crippen LogP contribution in [0.3, 0.4) is 0 Å². The van der Waals surface area contributed by atoms with Crippen LogP contribution in [0.2, 0.25) is 0 Å². The summed E-state index contributed by atoms with van der Waals surface area (Å²) >= 11 is 5.54. The zero-order chi connectivity index (χ0) is 16.8. The molecule has 1 fully saturated rings. The van der Waals surface area contributed by atoms with Crippen LogP contribution in [0.1, 0.15) is 5.56 Å². The van der Waals surface area contributed by atoms with Crippen molar-refractivity contribution in [3.63, 3.8) is 0 Å². The summed E-state index contributed by atoms with van der Waals surface area (Å²) in [6, 6.07) is 12.0. The second kappa shape index (κ2) is 8.08. The maximum Gasteiger partial charge on any atom is 0.173 e. The lowest BCUT2D eigenvalue weighted by molar-refractivity contribution is 0.177. The van der Waals surface area contributed by atoms with Crippen molar-refractivity contribution in [3.8, 4) is 5.75 Å². The number of ether oxygens (including phenoxy) is 1. The Kier molecular flexibility index (Phi) is 5.61. The van der Waals surface area contributed by atoms with Gasteiger partial charge in [0.05, 0.1) is 7.11 Å². The van der Waals surface area contributed by atoms with Gasteiger partial charge >= 0.3 is 0 Å². The van der Waals surface area contributed by atoms with Crippen LogP contribution in [0.25, 0.3) is 0 Å². The van der Waals surface area contributed by atoms with E-state index < -0.39 is 0 Å². The minimum absolute atomic E-state index is 0.781. The molecule has 0 radical (unpaired) electrons. The topological polar surface area (TPSA) is 40.6 Å². The molecule has 0 saturated carbocycles. The van der Waals surface area contributed by atoms with E-state index in [-0.39, 0.29) is 0 Å². The highest BCUT2D eigenvalue weighted by atomic mass is 32.1. The highest BCUT2D eigenvalue weighted by Crippen LogP contribution is 2.16. The number of piperazine rings is 1. The minimum atomic E-state index is 0.781. The van der Waals surface area contributed by atoms with Gasteiger partial charge in [-0.2, -0.15) is 0 Å². The van der Waals surface area contributed by atoms with Gasteiger partial charge in [-0.3, -0.25) is 9.88 Å². The van der Waals surface area contributed by atoms with Crippen molar-refractivity contribution in [2.24, 2.45) is 0 Å². The van der Waals surface area contributed by atoms with Gasteiger partial charge in [-0.15, -0.1) is 0 Å². The smallest absolute Gasteiger partial charge is 0.173 e. The summed E-state index contributed by atoms with van der Waals surface area (Å²) in [4.78, 5) is 8.74. The van der Waals surface area contributed by atoms with E-state index in [1.165, 1.54) is 5.56 Å². The van der Waals surface area contributed by atoms with E-state index in [0.29, 0.717) is 0 Å². The first-order chi connectivity index (χ1) is 11.7. The fourth-order valence-corrected chi connectivity index (χ4v) is 3.03. The third kappa shape index (κ3) is 4.43. The summed E-state index contributed by atoms with van der Waals surface area (Å²) < 4.78 is 5.17. The van der Waals surface area contributed by atoms with Crippen LogP contribution in [-0.2, 0) is 6.54 Å². The predicted octanol–water partition coefficient (Wildman–Crippen LogP) is 2.60. The summed E-state index contributed by atoms with van der Waals surface area (Å²) in [6.07, 6.45) is 3.69. The molecule has 1 aliphatic heterocycles. The van der Waals surface area contributed by atoms with Gasteiger partial charge < -0.3 is 15.0 Å². The fourth-order valence-electron chi connectivity index (χ4n) is 2.73. The number of rotatable bonds is 4. The van der Waals surface area contributed by atoms with E-state index in [9.17, 15) is 0 Å². The Morgan fingerprint density at radius 3 is 2.38 bits per heavy atom. The van der Waals surface area contributed by atoms with Gasteiger partial charge in [0, 0.05) is 50.8 Å². The van der Waals surface area contributed by atoms with Crippen molar-refractivity contribution in [3.05, 3.63) is 54.4 Å². The normalized spacial score (nSPS) is 15.1. The second-order valence-corrected chi connectivity index (χ2v) is 6.16. The van der Waals surface area contributed by atoms with Gasteiger partial charge in [-0.05, 0) is 54.2 Å². The summed E-state index contributed by atoms with van der Waals surface area (Å²) in [5.41, 5.74) is 2.29. The number of nitrogens with zero attached hydrogens (tertiary/aromatic N) is 3. The molecule has 0 aliphatic carbocycles. The van der Waals surface area contributed by atoms with Crippen LogP contribution in [0, 0.1) is 0 Å². The van der Waals surface area contributed by atoms with E-state index in [2.05, 4.69) is 32.2 Å². The molecule has 3 rings (SSSR count). The molecule has 6 heteroatoms. The van der Waals surface area contributed by atoms with Crippen LogP contribution >= 0.6 is 12.2 Å². The Hall–Kier alpha value is -2.18. The molecule has 0 bridgehead atoms. The Morgan fingerprint density at radius 1 is 1.08 bits per heavy atom. The first kappa shape index (κ1) is 16.7. The number of aromatic nitrogens is 1. The summed E-state index contributed by atoms with van der Waals surface area (Å²) in [7, 11) is 1.67. The molecule has 2 aromatic rings. The van der Waals surface area contributed by atoms with Gasteiger partial charge in [-0.25, -0.2) is 0 Å². The highest BCUT2D eigenvalue weighted by Gasteiger charge is 2.19. The lowest BCUT2D eigenvalue weighted by Gasteiger charge is -2.36. The van der Waals surface area contributed by atoms with E-state index in [1.54, 1.807) is 7.11 Å². The first-order valence-electron chi connectivity index (χ1n) is 8.06. The van der Waals surface area contributed by atoms with Gasteiger partial charge in [0.15, 0.2) is 5.11 Å². The predicted molar refractivity (Wildman–Crippen MR) is 100 cm³/mol. The van der Waals surface area contributed by atoms with E-state index in [0.717, 1.165) is 49.3 Å². The maximum absolute atomic E-state index is 5.54. The molecule has 1 aromatic heterocycles. The quantitative estimate of drug-likeness (QED) is 0.862. The molecule has 5 nitrogen and oxygen atoms in total. The summed E-state index contributed by atoms with van der Waals surface area (Å²) in [5.74, 6) is 0.844. The number of hydrogen-bond donors (Lipinski definition) is 1.